The van der Waals surface area contributed by atoms with Gasteiger partial charge < -0.3 is 83.5 Å². The number of ether oxygens (including phenoxy) is 10. The third-order valence-corrected chi connectivity index (χ3v) is 17.6. The highest BCUT2D eigenvalue weighted by atomic mass is 16.8. The minimum Gasteiger partial charge on any atom is -0.465 e. The van der Waals surface area contributed by atoms with Gasteiger partial charge >= 0.3 is 24.1 Å². The molecule has 0 aromatic carbocycles. The van der Waals surface area contributed by atoms with E-state index in [0.717, 1.165) is 32.1 Å². The Morgan fingerprint density at radius 2 is 1.39 bits per heavy atom. The summed E-state index contributed by atoms with van der Waals surface area (Å²) in [5.41, 5.74) is -0.419. The van der Waals surface area contributed by atoms with E-state index < -0.39 is 124 Å². The van der Waals surface area contributed by atoms with Gasteiger partial charge in [0.25, 0.3) is 0 Å². The van der Waals surface area contributed by atoms with Crippen LogP contribution in [0.2, 0.25) is 0 Å². The molecule has 22 atom stereocenters. The molecule has 4 heterocycles. The first kappa shape index (κ1) is 54.0. The van der Waals surface area contributed by atoms with E-state index in [4.69, 9.17) is 47.4 Å². The van der Waals surface area contributed by atoms with Crippen molar-refractivity contribution in [1.29, 1.82) is 0 Å². The van der Waals surface area contributed by atoms with Crippen molar-refractivity contribution in [3.8, 4) is 0 Å². The molecule has 0 bridgehead atoms. The fourth-order valence-electron chi connectivity index (χ4n) is 14.2. The summed E-state index contributed by atoms with van der Waals surface area (Å²) in [7, 11) is 0. The highest BCUT2D eigenvalue weighted by molar-refractivity contribution is 5.84. The molecule has 1 spiro atoms. The van der Waals surface area contributed by atoms with Crippen molar-refractivity contribution in [2.24, 2.45) is 52.3 Å². The number of aliphatic hydroxyl groups is 5. The number of fused-ring (bicyclic) bond motifs is 7. The Labute approximate surface area is 413 Å². The van der Waals surface area contributed by atoms with E-state index in [2.05, 4.69) is 38.3 Å². The predicted octanol–water partition coefficient (Wildman–Crippen LogP) is 1.22. The lowest BCUT2D eigenvalue weighted by atomic mass is 9.44. The Balaban J connectivity index is 0.883. The maximum Gasteiger partial charge on any atom is 0.408 e. The molecule has 0 aromatic heterocycles. The molecule has 8 aliphatic rings. The Morgan fingerprint density at radius 3 is 2.04 bits per heavy atom. The Morgan fingerprint density at radius 1 is 0.746 bits per heavy atom. The number of carbonyl (C=O) groups is 5. The third-order valence-electron chi connectivity index (χ3n) is 17.6. The zero-order chi connectivity index (χ0) is 51.2. The minimum absolute atomic E-state index is 0.0403. The van der Waals surface area contributed by atoms with E-state index in [1.807, 2.05) is 0 Å². The zero-order valence-corrected chi connectivity index (χ0v) is 41.6. The van der Waals surface area contributed by atoms with Crippen LogP contribution >= 0.6 is 0 Å². The van der Waals surface area contributed by atoms with Gasteiger partial charge in [0.1, 0.15) is 68.2 Å². The molecule has 8 fully saturated rings. The Bertz CT molecular complexity index is 1920. The second-order valence-corrected chi connectivity index (χ2v) is 21.8. The third kappa shape index (κ3) is 10.6. The van der Waals surface area contributed by atoms with Crippen molar-refractivity contribution in [3.05, 3.63) is 0 Å². The Hall–Kier alpha value is -3.29. The van der Waals surface area contributed by atoms with Crippen molar-refractivity contribution < 1.29 is 96.9 Å². The second-order valence-electron chi connectivity index (χ2n) is 21.8. The largest absolute Gasteiger partial charge is 0.465 e. The fraction of sp³-hybridized carbons (Fsp3) is 0.898. The first-order chi connectivity index (χ1) is 33.8. The number of esters is 2. The number of aliphatic hydroxyl groups excluding tert-OH is 5. The van der Waals surface area contributed by atoms with Crippen LogP contribution in [0.15, 0.2) is 0 Å². The molecule has 22 heteroatoms. The van der Waals surface area contributed by atoms with Gasteiger partial charge in [-0.2, -0.15) is 0 Å². The van der Waals surface area contributed by atoms with Gasteiger partial charge in [-0.3, -0.25) is 14.4 Å². The van der Waals surface area contributed by atoms with E-state index in [-0.39, 0.29) is 59.7 Å². The van der Waals surface area contributed by atoms with Crippen molar-refractivity contribution in [1.82, 2.24) is 10.6 Å². The average molecular weight is 1010 g/mol. The van der Waals surface area contributed by atoms with E-state index in [1.165, 1.54) is 0 Å². The number of alkyl carbamates (subject to hydrolysis) is 2. The second kappa shape index (κ2) is 21.9. The van der Waals surface area contributed by atoms with E-state index >= 15 is 0 Å². The summed E-state index contributed by atoms with van der Waals surface area (Å²) < 4.78 is 57.6. The standard InChI is InChI=1S/C49H76N2O20/c1-7-62-33(54)18-50-45(60)64-22-32-42(70-46(61)51-19-34(55)63-8-2)38(57)40(59)44(68-32)69-41-31(20-52)67-43(39(58)37(41)56)66-26-12-13-47(5)25(15-26)9-10-27-28-16-30-35(48(28,6)17-29(53)36(27)47)24(4)49(71-30)14-11-23(3)21-65-49/h23-28,30-32,35-44,52,56-59H,7-22H2,1-6H3,(H,50,60)(H,51,61)/t23-,24?,25+,26+,27+,28+,30?,31-,32-,35?,36-,37-,38-,39-,40-,41-,42-,43-,44+,47+,48+,49-/m1/s1. The lowest BCUT2D eigenvalue weighted by Gasteiger charge is -2.60. The van der Waals surface area contributed by atoms with Gasteiger partial charge in [0, 0.05) is 24.7 Å². The lowest BCUT2D eigenvalue weighted by Crippen LogP contribution is -2.65. The summed E-state index contributed by atoms with van der Waals surface area (Å²) in [6.07, 6.45) is -12.7. The van der Waals surface area contributed by atoms with Gasteiger partial charge in [0.05, 0.1) is 38.6 Å². The molecule has 4 aliphatic heterocycles. The summed E-state index contributed by atoms with van der Waals surface area (Å²) in [6.45, 7) is 10.4. The van der Waals surface area contributed by atoms with E-state index in [1.54, 1.807) is 13.8 Å². The highest BCUT2D eigenvalue weighted by Gasteiger charge is 2.71. The van der Waals surface area contributed by atoms with Crippen molar-refractivity contribution in [2.45, 2.75) is 179 Å². The van der Waals surface area contributed by atoms with Crippen LogP contribution in [0.1, 0.15) is 99.3 Å². The van der Waals surface area contributed by atoms with Crippen LogP contribution in [0.3, 0.4) is 0 Å². The van der Waals surface area contributed by atoms with Crippen LogP contribution < -0.4 is 10.6 Å². The number of nitrogens with one attached hydrogen (secondary N) is 2. The zero-order valence-electron chi connectivity index (χ0n) is 41.6. The highest BCUT2D eigenvalue weighted by Crippen LogP contribution is 2.70. The summed E-state index contributed by atoms with van der Waals surface area (Å²) in [6, 6.07) is 0. The molecule has 3 unspecified atom stereocenters. The summed E-state index contributed by atoms with van der Waals surface area (Å²) in [5.74, 6) is -0.102. The van der Waals surface area contributed by atoms with Crippen molar-refractivity contribution >= 4 is 29.9 Å². The maximum absolute atomic E-state index is 14.6. The quantitative estimate of drug-likeness (QED) is 0.0731. The topological polar surface area (TPSA) is 303 Å². The molecule has 4 saturated heterocycles. The van der Waals surface area contributed by atoms with Gasteiger partial charge in [-0.15, -0.1) is 0 Å². The van der Waals surface area contributed by atoms with Gasteiger partial charge in [-0.1, -0.05) is 27.7 Å². The van der Waals surface area contributed by atoms with Gasteiger partial charge in [-0.25, -0.2) is 9.59 Å². The lowest BCUT2D eigenvalue weighted by molar-refractivity contribution is -0.363. The number of ketones is 1. The Kier molecular flexibility index (Phi) is 16.6. The van der Waals surface area contributed by atoms with Gasteiger partial charge in [0.15, 0.2) is 24.5 Å². The predicted molar refractivity (Wildman–Crippen MR) is 241 cm³/mol. The number of carbonyl (C=O) groups excluding carboxylic acids is 5. The normalized spacial score (nSPS) is 45.9. The number of Topliss-reactive ketones (excluding diaryl/α,β-unsaturated/α-hetero) is 1. The number of amides is 2. The fourth-order valence-corrected chi connectivity index (χ4v) is 14.2. The molecule has 7 N–H and O–H groups in total. The van der Waals surface area contributed by atoms with Crippen molar-refractivity contribution in [3.63, 3.8) is 0 Å². The molecule has 4 aliphatic carbocycles. The molecule has 0 aromatic rings. The first-order valence-corrected chi connectivity index (χ1v) is 25.7. The summed E-state index contributed by atoms with van der Waals surface area (Å²) in [5, 5.41) is 60.3. The van der Waals surface area contributed by atoms with E-state index in [0.29, 0.717) is 49.9 Å². The molecule has 402 valence electrons. The first-order valence-electron chi connectivity index (χ1n) is 25.7. The molecular formula is C49H76N2O20. The minimum atomic E-state index is -2.02. The van der Waals surface area contributed by atoms with Crippen LogP contribution in [-0.4, -0.2) is 181 Å². The van der Waals surface area contributed by atoms with E-state index in [9.17, 15) is 49.5 Å². The summed E-state index contributed by atoms with van der Waals surface area (Å²) in [4.78, 5) is 63.4. The van der Waals surface area contributed by atoms with Gasteiger partial charge in [0.2, 0.25) is 0 Å². The van der Waals surface area contributed by atoms with Gasteiger partial charge in [-0.05, 0) is 99.2 Å². The van der Waals surface area contributed by atoms with Crippen LogP contribution in [0.4, 0.5) is 9.59 Å². The molecule has 0 radical (unpaired) electrons. The van der Waals surface area contributed by atoms with Crippen LogP contribution in [0, 0.1) is 52.3 Å². The number of rotatable bonds is 14. The monoisotopic (exact) mass is 1010 g/mol. The molecule has 71 heavy (non-hydrogen) atoms. The number of hydrogen-bond acceptors (Lipinski definition) is 20. The SMILES string of the molecule is CCOC(=O)CNC(=O)OC[C@H]1O[C@@H](O[C@H]2[C@H](O)[C@@H](O)[C@H](O[C@H]3CC[C@@]4(C)[C@@H](CC[C@@H]5[C@@H]4C(=O)C[C@]4(C)C6C(C[C@@H]54)O[C@]4(CC[C@@H](C)CO4)C6C)C3)O[C@@H]2CO)[C@H](O)[C@@H](O)[C@@H]1OC(=O)NCC(=O)OCC. The average Bonchev–Trinajstić information content (AvgIpc) is 3.78. The molecule has 8 rings (SSSR count). The van der Waals surface area contributed by atoms with Crippen LogP contribution in [0.5, 0.6) is 0 Å². The number of hydrogen-bond donors (Lipinski definition) is 7. The smallest absolute Gasteiger partial charge is 0.408 e. The molecular weight excluding hydrogens is 937 g/mol. The van der Waals surface area contributed by atoms with Crippen LogP contribution in [-0.2, 0) is 61.8 Å². The molecule has 4 saturated carbocycles. The molecule has 2 amide bonds. The molecule has 22 nitrogen and oxygen atoms in total. The summed E-state index contributed by atoms with van der Waals surface area (Å²) >= 11 is 0. The van der Waals surface area contributed by atoms with Crippen molar-refractivity contribution in [2.75, 3.05) is 46.1 Å². The van der Waals surface area contributed by atoms with Crippen LogP contribution in [0.25, 0.3) is 0 Å². The maximum atomic E-state index is 14.6.